The second-order valence-electron chi connectivity index (χ2n) is 5.73. The van der Waals surface area contributed by atoms with Crippen molar-refractivity contribution in [2.75, 3.05) is 6.54 Å². The summed E-state index contributed by atoms with van der Waals surface area (Å²) >= 11 is 1.67. The minimum atomic E-state index is 0.113. The maximum atomic E-state index is 11.9. The second-order valence-corrected chi connectivity index (χ2v) is 6.51. The van der Waals surface area contributed by atoms with Crippen LogP contribution in [0.4, 0.5) is 0 Å². The molecule has 0 aromatic carbocycles. The molecule has 2 aromatic heterocycles. The van der Waals surface area contributed by atoms with Crippen LogP contribution in [0.15, 0.2) is 16.8 Å². The normalized spacial score (nSPS) is 14.4. The van der Waals surface area contributed by atoms with Crippen LogP contribution >= 0.6 is 11.3 Å². The zero-order valence-electron chi connectivity index (χ0n) is 12.8. The lowest BCUT2D eigenvalue weighted by molar-refractivity contribution is -0.121. The summed E-state index contributed by atoms with van der Waals surface area (Å²) in [6.45, 7) is 1.66. The smallest absolute Gasteiger partial charge is 0.220 e. The van der Waals surface area contributed by atoms with Crippen LogP contribution in [0.3, 0.4) is 0 Å². The van der Waals surface area contributed by atoms with Gasteiger partial charge in [0.2, 0.25) is 5.91 Å². The van der Waals surface area contributed by atoms with Gasteiger partial charge in [-0.25, -0.2) is 0 Å². The first-order valence-electron chi connectivity index (χ1n) is 8.01. The van der Waals surface area contributed by atoms with Crippen molar-refractivity contribution in [2.45, 2.75) is 51.5 Å². The zero-order valence-corrected chi connectivity index (χ0v) is 13.6. The molecule has 22 heavy (non-hydrogen) atoms. The number of hydrogen-bond acceptors (Lipinski definition) is 4. The Bertz CT molecular complexity index is 606. The Morgan fingerprint density at radius 1 is 1.27 bits per heavy atom. The van der Waals surface area contributed by atoms with Gasteiger partial charge in [-0.2, -0.15) is 11.3 Å². The van der Waals surface area contributed by atoms with E-state index in [0.29, 0.717) is 13.0 Å². The maximum Gasteiger partial charge on any atom is 0.220 e. The number of thiophene rings is 1. The SMILES string of the molecule is O=C(CCc1ccsc1)NCCc1nnc2n1CCCCC2. The van der Waals surface area contributed by atoms with Crippen molar-refractivity contribution >= 4 is 17.2 Å². The molecule has 0 spiro atoms. The van der Waals surface area contributed by atoms with Gasteiger partial charge >= 0.3 is 0 Å². The molecule has 0 aliphatic carbocycles. The van der Waals surface area contributed by atoms with Gasteiger partial charge in [-0.1, -0.05) is 6.42 Å². The number of rotatable bonds is 6. The number of aromatic nitrogens is 3. The molecule has 5 nitrogen and oxygen atoms in total. The summed E-state index contributed by atoms with van der Waals surface area (Å²) in [5.74, 6) is 2.23. The van der Waals surface area contributed by atoms with E-state index in [9.17, 15) is 4.79 Å². The average Bonchev–Trinajstić information content (AvgIpc) is 3.11. The Hall–Kier alpha value is -1.69. The van der Waals surface area contributed by atoms with E-state index in [1.165, 1.54) is 24.8 Å². The molecule has 0 atom stereocenters. The Kier molecular flexibility index (Phi) is 5.21. The number of aryl methyl sites for hydroxylation is 2. The van der Waals surface area contributed by atoms with E-state index in [0.717, 1.165) is 37.5 Å². The fraction of sp³-hybridized carbons (Fsp3) is 0.562. The van der Waals surface area contributed by atoms with E-state index in [2.05, 4.69) is 31.5 Å². The van der Waals surface area contributed by atoms with Crippen molar-refractivity contribution in [1.29, 1.82) is 0 Å². The van der Waals surface area contributed by atoms with Gasteiger partial charge in [-0.15, -0.1) is 10.2 Å². The lowest BCUT2D eigenvalue weighted by atomic mass is 10.2. The Balaban J connectivity index is 1.43. The zero-order chi connectivity index (χ0) is 15.2. The van der Waals surface area contributed by atoms with E-state index < -0.39 is 0 Å². The van der Waals surface area contributed by atoms with Crippen LogP contribution in [0.25, 0.3) is 0 Å². The van der Waals surface area contributed by atoms with E-state index in [1.807, 2.05) is 5.38 Å². The van der Waals surface area contributed by atoms with Crippen molar-refractivity contribution in [3.05, 3.63) is 34.0 Å². The van der Waals surface area contributed by atoms with Gasteiger partial charge in [-0.05, 0) is 41.7 Å². The first kappa shape index (κ1) is 15.2. The summed E-state index contributed by atoms with van der Waals surface area (Å²) in [5.41, 5.74) is 1.24. The van der Waals surface area contributed by atoms with Gasteiger partial charge in [0.25, 0.3) is 0 Å². The maximum absolute atomic E-state index is 11.9. The highest BCUT2D eigenvalue weighted by molar-refractivity contribution is 7.07. The van der Waals surface area contributed by atoms with Crippen LogP contribution in [0.5, 0.6) is 0 Å². The van der Waals surface area contributed by atoms with Crippen LogP contribution in [0, 0.1) is 0 Å². The van der Waals surface area contributed by atoms with Crippen LogP contribution < -0.4 is 5.32 Å². The predicted octanol–water partition coefficient (Wildman–Crippen LogP) is 2.36. The molecular weight excluding hydrogens is 296 g/mol. The number of nitrogens with zero attached hydrogens (tertiary/aromatic N) is 3. The molecule has 0 radical (unpaired) electrons. The number of amides is 1. The third kappa shape index (κ3) is 3.94. The van der Waals surface area contributed by atoms with Gasteiger partial charge in [0.1, 0.15) is 11.6 Å². The minimum absolute atomic E-state index is 0.113. The second kappa shape index (κ2) is 7.54. The molecule has 1 aliphatic heterocycles. The molecule has 3 rings (SSSR count). The molecule has 1 N–H and O–H groups in total. The molecular formula is C16H22N4OS. The highest BCUT2D eigenvalue weighted by Crippen LogP contribution is 2.14. The Morgan fingerprint density at radius 3 is 3.09 bits per heavy atom. The van der Waals surface area contributed by atoms with Gasteiger partial charge < -0.3 is 9.88 Å². The molecule has 0 bridgehead atoms. The summed E-state index contributed by atoms with van der Waals surface area (Å²) in [4.78, 5) is 11.9. The number of carbonyl (C=O) groups is 1. The molecule has 0 saturated heterocycles. The minimum Gasteiger partial charge on any atom is -0.356 e. The first-order valence-corrected chi connectivity index (χ1v) is 8.96. The molecule has 0 saturated carbocycles. The van der Waals surface area contributed by atoms with Crippen LogP contribution in [-0.2, 0) is 30.6 Å². The van der Waals surface area contributed by atoms with Crippen molar-refractivity contribution in [3.63, 3.8) is 0 Å². The lowest BCUT2D eigenvalue weighted by Gasteiger charge is -2.08. The van der Waals surface area contributed by atoms with Crippen LogP contribution in [-0.4, -0.2) is 27.2 Å². The van der Waals surface area contributed by atoms with Crippen molar-refractivity contribution in [1.82, 2.24) is 20.1 Å². The molecule has 2 aromatic rings. The van der Waals surface area contributed by atoms with Crippen molar-refractivity contribution < 1.29 is 4.79 Å². The summed E-state index contributed by atoms with van der Waals surface area (Å²) in [6, 6.07) is 2.07. The standard InChI is InChI=1S/C16H22N4OS/c21-16(6-5-13-8-11-22-12-13)17-9-7-15-19-18-14-4-2-1-3-10-20(14)15/h8,11-12H,1-7,9-10H2,(H,17,21). The van der Waals surface area contributed by atoms with E-state index >= 15 is 0 Å². The summed E-state index contributed by atoms with van der Waals surface area (Å²) < 4.78 is 2.24. The van der Waals surface area contributed by atoms with Crippen LogP contribution in [0.1, 0.15) is 42.9 Å². The van der Waals surface area contributed by atoms with E-state index in [1.54, 1.807) is 11.3 Å². The number of fused-ring (bicyclic) bond motifs is 1. The molecule has 3 heterocycles. The topological polar surface area (TPSA) is 59.8 Å². The van der Waals surface area contributed by atoms with Crippen molar-refractivity contribution in [2.24, 2.45) is 0 Å². The quantitative estimate of drug-likeness (QED) is 0.889. The highest BCUT2D eigenvalue weighted by Gasteiger charge is 2.14. The summed E-state index contributed by atoms with van der Waals surface area (Å²) in [6.07, 6.45) is 6.83. The number of nitrogens with one attached hydrogen (secondary N) is 1. The number of carbonyl (C=O) groups excluding carboxylic acids is 1. The largest absolute Gasteiger partial charge is 0.356 e. The molecule has 0 fully saturated rings. The summed E-state index contributed by atoms with van der Waals surface area (Å²) in [7, 11) is 0. The lowest BCUT2D eigenvalue weighted by Crippen LogP contribution is -2.26. The molecule has 0 unspecified atom stereocenters. The molecule has 118 valence electrons. The number of hydrogen-bond donors (Lipinski definition) is 1. The fourth-order valence-electron chi connectivity index (χ4n) is 2.83. The highest BCUT2D eigenvalue weighted by atomic mass is 32.1. The van der Waals surface area contributed by atoms with E-state index in [-0.39, 0.29) is 5.91 Å². The first-order chi connectivity index (χ1) is 10.8. The van der Waals surface area contributed by atoms with Crippen LogP contribution in [0.2, 0.25) is 0 Å². The van der Waals surface area contributed by atoms with Crippen molar-refractivity contribution in [3.8, 4) is 0 Å². The summed E-state index contributed by atoms with van der Waals surface area (Å²) in [5, 5.41) is 15.7. The Morgan fingerprint density at radius 2 is 2.23 bits per heavy atom. The molecule has 1 aliphatic rings. The average molecular weight is 318 g/mol. The van der Waals surface area contributed by atoms with Gasteiger partial charge in [0, 0.05) is 32.4 Å². The van der Waals surface area contributed by atoms with E-state index in [4.69, 9.17) is 0 Å². The monoisotopic (exact) mass is 318 g/mol. The third-order valence-electron chi connectivity index (χ3n) is 4.08. The van der Waals surface area contributed by atoms with Gasteiger partial charge in [0.05, 0.1) is 0 Å². The van der Waals surface area contributed by atoms with Gasteiger partial charge in [0.15, 0.2) is 0 Å². The molecule has 6 heteroatoms. The third-order valence-corrected chi connectivity index (χ3v) is 4.81. The Labute approximate surface area is 134 Å². The molecule has 1 amide bonds. The van der Waals surface area contributed by atoms with Gasteiger partial charge in [-0.3, -0.25) is 4.79 Å². The fourth-order valence-corrected chi connectivity index (χ4v) is 3.53. The predicted molar refractivity (Wildman–Crippen MR) is 86.9 cm³/mol.